The SMILES string of the molecule is CCCCCCCCCCCCCCCCCCNCc1ccccc1.Cc1ccccc1C.Cl. The van der Waals surface area contributed by atoms with Crippen LogP contribution in [-0.4, -0.2) is 6.54 Å². The van der Waals surface area contributed by atoms with E-state index in [1.54, 1.807) is 0 Å². The number of rotatable bonds is 19. The second kappa shape index (κ2) is 25.8. The number of aryl methyl sites for hydroxylation is 2. The van der Waals surface area contributed by atoms with E-state index in [9.17, 15) is 0 Å². The van der Waals surface area contributed by atoms with Crippen molar-refractivity contribution in [2.45, 2.75) is 130 Å². The maximum atomic E-state index is 3.55. The highest BCUT2D eigenvalue weighted by Crippen LogP contribution is 2.13. The minimum absolute atomic E-state index is 0. The Morgan fingerprint density at radius 3 is 1.26 bits per heavy atom. The van der Waals surface area contributed by atoms with Crippen LogP contribution < -0.4 is 5.32 Å². The number of unbranched alkanes of at least 4 members (excludes halogenated alkanes) is 15. The molecule has 200 valence electrons. The molecule has 0 aliphatic carbocycles. The average molecular weight is 502 g/mol. The molecule has 0 bridgehead atoms. The molecule has 2 rings (SSSR count). The van der Waals surface area contributed by atoms with Crippen molar-refractivity contribution in [3.63, 3.8) is 0 Å². The van der Waals surface area contributed by atoms with Crippen molar-refractivity contribution in [1.29, 1.82) is 0 Å². The lowest BCUT2D eigenvalue weighted by Gasteiger charge is -2.05. The van der Waals surface area contributed by atoms with Gasteiger partial charge in [-0.1, -0.05) is 158 Å². The summed E-state index contributed by atoms with van der Waals surface area (Å²) in [6, 6.07) is 19.1. The Morgan fingerprint density at radius 1 is 0.486 bits per heavy atom. The van der Waals surface area contributed by atoms with Crippen LogP contribution in [0.5, 0.6) is 0 Å². The zero-order valence-corrected chi connectivity index (χ0v) is 24.1. The summed E-state index contributed by atoms with van der Waals surface area (Å²) in [7, 11) is 0. The average Bonchev–Trinajstić information content (AvgIpc) is 2.86. The highest BCUT2D eigenvalue weighted by atomic mass is 35.5. The number of benzene rings is 2. The van der Waals surface area contributed by atoms with Crippen LogP contribution in [-0.2, 0) is 6.54 Å². The number of nitrogens with one attached hydrogen (secondary N) is 1. The standard InChI is InChI=1S/C25H45N.C8H10.ClH/c1-2-3-4-5-6-7-8-9-10-11-12-13-14-15-16-20-23-26-24-25-21-18-17-19-22-25;1-7-5-3-4-6-8(7)2;/h17-19,21-22,26H,2-16,20,23-24H2,1H3;3-6H,1-2H3;1H. The van der Waals surface area contributed by atoms with Crippen LogP contribution in [0.3, 0.4) is 0 Å². The van der Waals surface area contributed by atoms with E-state index >= 15 is 0 Å². The predicted molar refractivity (Wildman–Crippen MR) is 161 cm³/mol. The summed E-state index contributed by atoms with van der Waals surface area (Å²) in [6.07, 6.45) is 23.0. The fraction of sp³-hybridized carbons (Fsp3) is 0.636. The van der Waals surface area contributed by atoms with Gasteiger partial charge in [0.15, 0.2) is 0 Å². The Balaban J connectivity index is 0.00000108. The molecule has 35 heavy (non-hydrogen) atoms. The molecular formula is C33H56ClN. The van der Waals surface area contributed by atoms with E-state index in [0.29, 0.717) is 0 Å². The van der Waals surface area contributed by atoms with Crippen molar-refractivity contribution in [3.05, 3.63) is 71.3 Å². The Hall–Kier alpha value is -1.31. The van der Waals surface area contributed by atoms with Crippen LogP contribution in [0.2, 0.25) is 0 Å². The minimum atomic E-state index is 0. The minimum Gasteiger partial charge on any atom is -0.313 e. The van der Waals surface area contributed by atoms with E-state index in [4.69, 9.17) is 0 Å². The van der Waals surface area contributed by atoms with Gasteiger partial charge in [0.05, 0.1) is 0 Å². The van der Waals surface area contributed by atoms with Crippen molar-refractivity contribution in [1.82, 2.24) is 5.32 Å². The molecule has 0 aliphatic heterocycles. The number of halogens is 1. The largest absolute Gasteiger partial charge is 0.313 e. The van der Waals surface area contributed by atoms with Gasteiger partial charge in [-0.25, -0.2) is 0 Å². The molecule has 0 saturated carbocycles. The van der Waals surface area contributed by atoms with Crippen molar-refractivity contribution in [3.8, 4) is 0 Å². The zero-order valence-electron chi connectivity index (χ0n) is 23.3. The first-order valence-electron chi connectivity index (χ1n) is 14.5. The van der Waals surface area contributed by atoms with Gasteiger partial charge in [-0.15, -0.1) is 12.4 Å². The number of hydrogen-bond acceptors (Lipinski definition) is 1. The van der Waals surface area contributed by atoms with Crippen molar-refractivity contribution in [2.24, 2.45) is 0 Å². The van der Waals surface area contributed by atoms with Crippen LogP contribution in [0.25, 0.3) is 0 Å². The summed E-state index contributed by atoms with van der Waals surface area (Å²) in [6.45, 7) is 8.71. The molecular weight excluding hydrogens is 446 g/mol. The Bertz CT molecular complexity index is 649. The third-order valence-electron chi connectivity index (χ3n) is 6.80. The van der Waals surface area contributed by atoms with Crippen LogP contribution >= 0.6 is 12.4 Å². The summed E-state index contributed by atoms with van der Waals surface area (Å²) >= 11 is 0. The monoisotopic (exact) mass is 501 g/mol. The summed E-state index contributed by atoms with van der Waals surface area (Å²) in [5.41, 5.74) is 4.13. The number of hydrogen-bond donors (Lipinski definition) is 1. The van der Waals surface area contributed by atoms with Gasteiger partial charge in [-0.3, -0.25) is 0 Å². The van der Waals surface area contributed by atoms with E-state index in [1.165, 1.54) is 119 Å². The Labute approximate surface area is 225 Å². The van der Waals surface area contributed by atoms with Gasteiger partial charge in [0.25, 0.3) is 0 Å². The first-order valence-corrected chi connectivity index (χ1v) is 14.5. The molecule has 2 aromatic rings. The highest BCUT2D eigenvalue weighted by Gasteiger charge is 1.95. The second-order valence-corrected chi connectivity index (χ2v) is 10.0. The molecule has 1 N–H and O–H groups in total. The Morgan fingerprint density at radius 2 is 0.857 bits per heavy atom. The predicted octanol–water partition coefficient (Wildman–Crippen LogP) is 10.8. The van der Waals surface area contributed by atoms with Crippen LogP contribution in [0, 0.1) is 13.8 Å². The molecule has 0 fully saturated rings. The second-order valence-electron chi connectivity index (χ2n) is 10.0. The highest BCUT2D eigenvalue weighted by molar-refractivity contribution is 5.85. The molecule has 1 nitrogen and oxygen atoms in total. The summed E-state index contributed by atoms with van der Waals surface area (Å²) in [4.78, 5) is 0. The van der Waals surface area contributed by atoms with Gasteiger partial charge in [0.1, 0.15) is 0 Å². The molecule has 0 amide bonds. The zero-order chi connectivity index (χ0) is 24.5. The molecule has 2 aromatic carbocycles. The maximum absolute atomic E-state index is 3.55. The van der Waals surface area contributed by atoms with Crippen molar-refractivity contribution < 1.29 is 0 Å². The van der Waals surface area contributed by atoms with Crippen molar-refractivity contribution in [2.75, 3.05) is 6.54 Å². The van der Waals surface area contributed by atoms with Crippen molar-refractivity contribution >= 4 is 12.4 Å². The molecule has 2 heteroatoms. The molecule has 0 aromatic heterocycles. The molecule has 0 saturated heterocycles. The topological polar surface area (TPSA) is 12.0 Å². The van der Waals surface area contributed by atoms with Crippen LogP contribution in [0.15, 0.2) is 54.6 Å². The van der Waals surface area contributed by atoms with E-state index in [-0.39, 0.29) is 12.4 Å². The lowest BCUT2D eigenvalue weighted by molar-refractivity contribution is 0.525. The molecule has 0 aliphatic rings. The first-order chi connectivity index (χ1) is 16.7. The molecule has 0 radical (unpaired) electrons. The lowest BCUT2D eigenvalue weighted by Crippen LogP contribution is -2.14. The fourth-order valence-corrected chi connectivity index (χ4v) is 4.29. The van der Waals surface area contributed by atoms with E-state index < -0.39 is 0 Å². The van der Waals surface area contributed by atoms with Gasteiger partial charge < -0.3 is 5.32 Å². The molecule has 0 atom stereocenters. The van der Waals surface area contributed by atoms with Gasteiger partial charge >= 0.3 is 0 Å². The third-order valence-corrected chi connectivity index (χ3v) is 6.80. The van der Waals surface area contributed by atoms with Gasteiger partial charge in [0, 0.05) is 6.54 Å². The summed E-state index contributed by atoms with van der Waals surface area (Å²) in [5.74, 6) is 0. The van der Waals surface area contributed by atoms with Gasteiger partial charge in [0.2, 0.25) is 0 Å². The smallest absolute Gasteiger partial charge is 0.0205 e. The van der Waals surface area contributed by atoms with Gasteiger partial charge in [-0.05, 0) is 43.5 Å². The molecule has 0 heterocycles. The normalized spacial score (nSPS) is 10.4. The van der Waals surface area contributed by atoms with E-state index in [1.807, 2.05) is 0 Å². The van der Waals surface area contributed by atoms with E-state index in [0.717, 1.165) is 13.1 Å². The quantitative estimate of drug-likeness (QED) is 0.189. The maximum Gasteiger partial charge on any atom is 0.0205 e. The third kappa shape index (κ3) is 21.7. The first kappa shape index (κ1) is 33.7. The summed E-state index contributed by atoms with van der Waals surface area (Å²) < 4.78 is 0. The summed E-state index contributed by atoms with van der Waals surface area (Å²) in [5, 5.41) is 3.55. The Kier molecular flexibility index (Phi) is 24.8. The van der Waals surface area contributed by atoms with Crippen LogP contribution in [0.4, 0.5) is 0 Å². The fourth-order valence-electron chi connectivity index (χ4n) is 4.29. The molecule has 0 unspecified atom stereocenters. The van der Waals surface area contributed by atoms with Gasteiger partial charge in [-0.2, -0.15) is 0 Å². The van der Waals surface area contributed by atoms with Crippen LogP contribution in [0.1, 0.15) is 126 Å². The lowest BCUT2D eigenvalue weighted by atomic mass is 10.0. The molecule has 0 spiro atoms. The van der Waals surface area contributed by atoms with E-state index in [2.05, 4.69) is 80.7 Å².